The van der Waals surface area contributed by atoms with E-state index in [0.29, 0.717) is 0 Å². The van der Waals surface area contributed by atoms with Gasteiger partial charge in [-0.1, -0.05) is 0 Å². The molecule has 1 aliphatic rings. The summed E-state index contributed by atoms with van der Waals surface area (Å²) in [5, 5.41) is 3.46. The molecule has 1 aromatic rings. The van der Waals surface area contributed by atoms with Crippen molar-refractivity contribution in [1.29, 1.82) is 0 Å². The van der Waals surface area contributed by atoms with Crippen molar-refractivity contribution in [3.8, 4) is 0 Å². The molecule has 88 valence electrons. The predicted molar refractivity (Wildman–Crippen MR) is 67.8 cm³/mol. The minimum atomic E-state index is 0.765. The Kier molecular flexibility index (Phi) is 3.78. The minimum Gasteiger partial charge on any atom is -0.359 e. The molecule has 0 aliphatic carbocycles. The van der Waals surface area contributed by atoms with Gasteiger partial charge in [-0.25, -0.2) is 4.98 Å². The molecule has 0 saturated carbocycles. The molecule has 1 aliphatic heterocycles. The van der Waals surface area contributed by atoms with Crippen molar-refractivity contribution >= 4 is 5.82 Å². The van der Waals surface area contributed by atoms with Crippen LogP contribution in [0.25, 0.3) is 0 Å². The Bertz CT molecular complexity index is 332. The zero-order chi connectivity index (χ0) is 11.4. The van der Waals surface area contributed by atoms with Crippen molar-refractivity contribution in [2.24, 2.45) is 5.92 Å². The van der Waals surface area contributed by atoms with E-state index in [9.17, 15) is 0 Å². The molecule has 1 unspecified atom stereocenters. The average Bonchev–Trinajstić information content (AvgIpc) is 2.30. The highest BCUT2D eigenvalue weighted by atomic mass is 15.2. The standard InChI is InChI=1S/C13H21N3/c1-11-5-7-15-13(8-11)16(2)10-12-4-3-6-14-9-12/h5,7-8,12,14H,3-4,6,9-10H2,1-2H3. The molecule has 3 heteroatoms. The Labute approximate surface area is 97.9 Å². The summed E-state index contributed by atoms with van der Waals surface area (Å²) >= 11 is 0. The van der Waals surface area contributed by atoms with E-state index in [-0.39, 0.29) is 0 Å². The molecule has 16 heavy (non-hydrogen) atoms. The second kappa shape index (κ2) is 5.30. The summed E-state index contributed by atoms with van der Waals surface area (Å²) in [5.74, 6) is 1.85. The number of pyridine rings is 1. The number of nitrogens with zero attached hydrogens (tertiary/aromatic N) is 2. The first-order chi connectivity index (χ1) is 7.75. The second-order valence-electron chi connectivity index (χ2n) is 4.78. The highest BCUT2D eigenvalue weighted by Gasteiger charge is 2.15. The van der Waals surface area contributed by atoms with Crippen LogP contribution < -0.4 is 10.2 Å². The molecule has 0 radical (unpaired) electrons. The first-order valence-electron chi connectivity index (χ1n) is 6.10. The number of piperidine rings is 1. The van der Waals surface area contributed by atoms with Gasteiger partial charge < -0.3 is 10.2 Å². The van der Waals surface area contributed by atoms with Crippen LogP contribution in [-0.2, 0) is 0 Å². The van der Waals surface area contributed by atoms with Crippen molar-refractivity contribution in [1.82, 2.24) is 10.3 Å². The predicted octanol–water partition coefficient (Wildman–Crippen LogP) is 1.83. The van der Waals surface area contributed by atoms with E-state index in [0.717, 1.165) is 24.8 Å². The van der Waals surface area contributed by atoms with Crippen LogP contribution in [0.4, 0.5) is 5.82 Å². The molecular weight excluding hydrogens is 198 g/mol. The Morgan fingerprint density at radius 3 is 3.12 bits per heavy atom. The largest absolute Gasteiger partial charge is 0.359 e. The first-order valence-corrected chi connectivity index (χ1v) is 6.10. The van der Waals surface area contributed by atoms with Crippen LogP contribution >= 0.6 is 0 Å². The SMILES string of the molecule is Cc1ccnc(N(C)CC2CCCNC2)c1. The van der Waals surface area contributed by atoms with Crippen LogP contribution in [0.2, 0.25) is 0 Å². The van der Waals surface area contributed by atoms with Gasteiger partial charge in [-0.2, -0.15) is 0 Å². The fourth-order valence-electron chi connectivity index (χ4n) is 2.29. The molecular formula is C13H21N3. The number of aromatic nitrogens is 1. The summed E-state index contributed by atoms with van der Waals surface area (Å²) in [6, 6.07) is 4.19. The van der Waals surface area contributed by atoms with E-state index < -0.39 is 0 Å². The zero-order valence-corrected chi connectivity index (χ0v) is 10.2. The Balaban J connectivity index is 1.94. The number of nitrogens with one attached hydrogen (secondary N) is 1. The molecule has 1 saturated heterocycles. The maximum absolute atomic E-state index is 4.41. The third-order valence-electron chi connectivity index (χ3n) is 3.22. The third kappa shape index (κ3) is 2.95. The lowest BCUT2D eigenvalue weighted by atomic mass is 9.99. The highest BCUT2D eigenvalue weighted by molar-refractivity contribution is 5.39. The lowest BCUT2D eigenvalue weighted by Crippen LogP contribution is -2.37. The number of aryl methyl sites for hydroxylation is 1. The van der Waals surface area contributed by atoms with Gasteiger partial charge in [0.2, 0.25) is 0 Å². The molecule has 0 amide bonds. The van der Waals surface area contributed by atoms with Crippen LogP contribution in [0, 0.1) is 12.8 Å². The fourth-order valence-corrected chi connectivity index (χ4v) is 2.29. The van der Waals surface area contributed by atoms with Crippen LogP contribution in [0.3, 0.4) is 0 Å². The van der Waals surface area contributed by atoms with Crippen LogP contribution in [0.1, 0.15) is 18.4 Å². The lowest BCUT2D eigenvalue weighted by Gasteiger charge is -2.28. The van der Waals surface area contributed by atoms with Gasteiger partial charge in [0.1, 0.15) is 5.82 Å². The van der Waals surface area contributed by atoms with Crippen molar-refractivity contribution in [2.75, 3.05) is 31.6 Å². The molecule has 2 heterocycles. The van der Waals surface area contributed by atoms with E-state index in [1.54, 1.807) is 0 Å². The average molecular weight is 219 g/mol. The van der Waals surface area contributed by atoms with Crippen molar-refractivity contribution < 1.29 is 0 Å². The fraction of sp³-hybridized carbons (Fsp3) is 0.615. The Hall–Kier alpha value is -1.09. The van der Waals surface area contributed by atoms with Crippen LogP contribution in [-0.4, -0.2) is 31.7 Å². The number of hydrogen-bond acceptors (Lipinski definition) is 3. The minimum absolute atomic E-state index is 0.765. The summed E-state index contributed by atoms with van der Waals surface area (Å²) in [4.78, 5) is 6.68. The molecule has 3 nitrogen and oxygen atoms in total. The molecule has 1 atom stereocenters. The van der Waals surface area contributed by atoms with Crippen molar-refractivity contribution in [3.05, 3.63) is 23.9 Å². The van der Waals surface area contributed by atoms with E-state index in [4.69, 9.17) is 0 Å². The molecule has 2 rings (SSSR count). The lowest BCUT2D eigenvalue weighted by molar-refractivity contribution is 0.380. The molecule has 0 spiro atoms. The van der Waals surface area contributed by atoms with Gasteiger partial charge in [-0.3, -0.25) is 0 Å². The topological polar surface area (TPSA) is 28.2 Å². The smallest absolute Gasteiger partial charge is 0.128 e. The molecule has 1 aromatic heterocycles. The molecule has 1 N–H and O–H groups in total. The Morgan fingerprint density at radius 2 is 2.44 bits per heavy atom. The van der Waals surface area contributed by atoms with Crippen LogP contribution in [0.15, 0.2) is 18.3 Å². The maximum atomic E-state index is 4.41. The van der Waals surface area contributed by atoms with E-state index in [1.165, 1.54) is 24.9 Å². The van der Waals surface area contributed by atoms with E-state index >= 15 is 0 Å². The summed E-state index contributed by atoms with van der Waals surface area (Å²) in [7, 11) is 2.14. The maximum Gasteiger partial charge on any atom is 0.128 e. The Morgan fingerprint density at radius 1 is 1.56 bits per heavy atom. The molecule has 0 bridgehead atoms. The quantitative estimate of drug-likeness (QED) is 0.840. The van der Waals surface area contributed by atoms with Crippen molar-refractivity contribution in [3.63, 3.8) is 0 Å². The third-order valence-corrected chi connectivity index (χ3v) is 3.22. The number of anilines is 1. The van der Waals surface area contributed by atoms with Gasteiger partial charge in [0, 0.05) is 19.8 Å². The van der Waals surface area contributed by atoms with Crippen molar-refractivity contribution in [2.45, 2.75) is 19.8 Å². The normalized spacial score (nSPS) is 20.8. The van der Waals surface area contributed by atoms with Gasteiger partial charge in [-0.15, -0.1) is 0 Å². The van der Waals surface area contributed by atoms with E-state index in [1.807, 2.05) is 12.3 Å². The highest BCUT2D eigenvalue weighted by Crippen LogP contribution is 2.16. The first kappa shape index (κ1) is 11.4. The summed E-state index contributed by atoms with van der Waals surface area (Å²) < 4.78 is 0. The zero-order valence-electron chi connectivity index (χ0n) is 10.2. The monoisotopic (exact) mass is 219 g/mol. The van der Waals surface area contributed by atoms with Gasteiger partial charge >= 0.3 is 0 Å². The molecule has 1 fully saturated rings. The summed E-state index contributed by atoms with van der Waals surface area (Å²) in [5.41, 5.74) is 1.28. The number of rotatable bonds is 3. The van der Waals surface area contributed by atoms with E-state index in [2.05, 4.69) is 35.2 Å². The van der Waals surface area contributed by atoms with Gasteiger partial charge in [-0.05, 0) is 56.5 Å². The van der Waals surface area contributed by atoms with Gasteiger partial charge in [0.15, 0.2) is 0 Å². The summed E-state index contributed by atoms with van der Waals surface area (Å²) in [6.45, 7) is 5.55. The van der Waals surface area contributed by atoms with Crippen LogP contribution in [0.5, 0.6) is 0 Å². The number of hydrogen-bond donors (Lipinski definition) is 1. The summed E-state index contributed by atoms with van der Waals surface area (Å²) in [6.07, 6.45) is 4.53. The second-order valence-corrected chi connectivity index (χ2v) is 4.78. The van der Waals surface area contributed by atoms with Gasteiger partial charge in [0.05, 0.1) is 0 Å². The molecule has 0 aromatic carbocycles. The van der Waals surface area contributed by atoms with Gasteiger partial charge in [0.25, 0.3) is 0 Å².